The second kappa shape index (κ2) is 6.17. The molecule has 0 amide bonds. The molecule has 0 bridgehead atoms. The molecule has 1 rings (SSSR count). The first-order valence-corrected chi connectivity index (χ1v) is 5.80. The lowest BCUT2D eigenvalue weighted by Gasteiger charge is -2.39. The number of aliphatic carboxylic acids is 1. The van der Waals surface area contributed by atoms with E-state index >= 15 is 0 Å². The van der Waals surface area contributed by atoms with E-state index in [0.29, 0.717) is 0 Å². The zero-order chi connectivity index (χ0) is 15.6. The van der Waals surface area contributed by atoms with Crippen LogP contribution in [0.5, 0.6) is 0 Å². The van der Waals surface area contributed by atoms with Crippen molar-refractivity contribution in [3.05, 3.63) is 0 Å². The van der Waals surface area contributed by atoms with E-state index in [-0.39, 0.29) is 26.2 Å². The summed E-state index contributed by atoms with van der Waals surface area (Å²) in [5.74, 6) is -1.59. The van der Waals surface area contributed by atoms with Crippen molar-refractivity contribution < 1.29 is 36.2 Å². The molecule has 0 aromatic heterocycles. The van der Waals surface area contributed by atoms with Crippen LogP contribution < -0.4 is 0 Å². The van der Waals surface area contributed by atoms with Gasteiger partial charge >= 0.3 is 18.3 Å². The molecule has 20 heavy (non-hydrogen) atoms. The Hall–Kier alpha value is -1.03. The number of carboxylic acids is 1. The summed E-state index contributed by atoms with van der Waals surface area (Å²) in [5.41, 5.74) is 0. The third kappa shape index (κ3) is 5.53. The maximum absolute atomic E-state index is 12.7. The van der Waals surface area contributed by atoms with Crippen molar-refractivity contribution in [3.8, 4) is 0 Å². The summed E-state index contributed by atoms with van der Waals surface area (Å²) in [5, 5.41) is 8.50. The maximum Gasteiger partial charge on any atom is 0.404 e. The minimum atomic E-state index is -4.72. The summed E-state index contributed by atoms with van der Waals surface area (Å²) >= 11 is 0. The predicted octanol–water partition coefficient (Wildman–Crippen LogP) is 1.57. The van der Waals surface area contributed by atoms with E-state index in [1.807, 2.05) is 0 Å². The Labute approximate surface area is 110 Å². The molecule has 1 saturated heterocycles. The predicted molar refractivity (Wildman–Crippen MR) is 56.2 cm³/mol. The van der Waals surface area contributed by atoms with Crippen LogP contribution in [0.4, 0.5) is 26.3 Å². The fraction of sp³-hybridized carbons (Fsp3) is 0.900. The van der Waals surface area contributed by atoms with Gasteiger partial charge < -0.3 is 5.11 Å². The van der Waals surface area contributed by atoms with Crippen LogP contribution in [-0.4, -0.2) is 72.0 Å². The average molecular weight is 308 g/mol. The molecule has 0 aromatic rings. The minimum absolute atomic E-state index is 0.175. The van der Waals surface area contributed by atoms with Crippen LogP contribution in [0.2, 0.25) is 0 Å². The van der Waals surface area contributed by atoms with Crippen molar-refractivity contribution in [2.24, 2.45) is 0 Å². The van der Waals surface area contributed by atoms with Crippen molar-refractivity contribution in [1.29, 1.82) is 0 Å². The molecule has 118 valence electrons. The fourth-order valence-corrected chi connectivity index (χ4v) is 2.10. The molecule has 0 spiro atoms. The molecule has 1 atom stereocenters. The van der Waals surface area contributed by atoms with Gasteiger partial charge in [-0.15, -0.1) is 0 Å². The molecule has 0 saturated carbocycles. The summed E-state index contributed by atoms with van der Waals surface area (Å²) in [7, 11) is 0. The summed E-state index contributed by atoms with van der Waals surface area (Å²) in [6.45, 7) is -2.01. The Morgan fingerprint density at radius 2 is 1.55 bits per heavy atom. The van der Waals surface area contributed by atoms with E-state index in [1.165, 1.54) is 0 Å². The topological polar surface area (TPSA) is 43.8 Å². The normalized spacial score (nSPS) is 20.9. The fourth-order valence-electron chi connectivity index (χ4n) is 2.10. The van der Waals surface area contributed by atoms with E-state index in [4.69, 9.17) is 5.11 Å². The molecule has 1 fully saturated rings. The third-order valence-corrected chi connectivity index (χ3v) is 3.00. The van der Waals surface area contributed by atoms with Crippen molar-refractivity contribution in [2.45, 2.75) is 24.8 Å². The zero-order valence-corrected chi connectivity index (χ0v) is 10.3. The quantitative estimate of drug-likeness (QED) is 0.801. The first-order chi connectivity index (χ1) is 8.99. The van der Waals surface area contributed by atoms with Gasteiger partial charge in [-0.2, -0.15) is 26.3 Å². The number of halogens is 6. The molecule has 1 aliphatic heterocycles. The van der Waals surface area contributed by atoms with Gasteiger partial charge in [0.1, 0.15) is 6.04 Å². The highest BCUT2D eigenvalue weighted by Gasteiger charge is 2.45. The number of piperazine rings is 1. The number of rotatable bonds is 4. The number of carbonyl (C=O) groups is 1. The third-order valence-electron chi connectivity index (χ3n) is 3.00. The number of hydrogen-bond acceptors (Lipinski definition) is 3. The van der Waals surface area contributed by atoms with Gasteiger partial charge in [-0.3, -0.25) is 14.6 Å². The Kier molecular flexibility index (Phi) is 5.25. The molecule has 0 aliphatic carbocycles. The van der Waals surface area contributed by atoms with Crippen LogP contribution in [0.1, 0.15) is 6.42 Å². The summed E-state index contributed by atoms with van der Waals surface area (Å²) in [4.78, 5) is 12.3. The van der Waals surface area contributed by atoms with Gasteiger partial charge in [0, 0.05) is 26.2 Å². The van der Waals surface area contributed by atoms with Crippen molar-refractivity contribution >= 4 is 5.97 Å². The number of alkyl halides is 6. The van der Waals surface area contributed by atoms with Gasteiger partial charge in [-0.05, 0) is 0 Å². The largest absolute Gasteiger partial charge is 0.481 e. The molecular weight excluding hydrogens is 294 g/mol. The lowest BCUT2D eigenvalue weighted by atomic mass is 10.1. The van der Waals surface area contributed by atoms with Crippen LogP contribution in [0.3, 0.4) is 0 Å². The summed E-state index contributed by atoms with van der Waals surface area (Å²) in [6.07, 6.45) is -10.2. The second-order valence-corrected chi connectivity index (χ2v) is 4.58. The minimum Gasteiger partial charge on any atom is -0.481 e. The first kappa shape index (κ1) is 17.0. The van der Waals surface area contributed by atoms with E-state index in [9.17, 15) is 31.1 Å². The van der Waals surface area contributed by atoms with Gasteiger partial charge in [0.2, 0.25) is 0 Å². The maximum atomic E-state index is 12.7. The number of hydrogen-bond donors (Lipinski definition) is 1. The standard InChI is InChI=1S/C10H14F6N2O2/c11-9(12,13)6-17-1-3-18(4-2-17)7(5-8(19)20)10(14,15)16/h7H,1-6H2,(H,19,20). The number of carboxylic acid groups (broad SMARTS) is 1. The molecule has 1 unspecified atom stereocenters. The van der Waals surface area contributed by atoms with Gasteiger partial charge in [-0.1, -0.05) is 0 Å². The molecular formula is C10H14F6N2O2. The Bertz CT molecular complexity index is 336. The van der Waals surface area contributed by atoms with Gasteiger partial charge in [-0.25, -0.2) is 0 Å². The molecule has 1 aliphatic rings. The lowest BCUT2D eigenvalue weighted by Crippen LogP contribution is -2.56. The highest BCUT2D eigenvalue weighted by molar-refractivity contribution is 5.67. The van der Waals surface area contributed by atoms with E-state index in [2.05, 4.69) is 0 Å². The van der Waals surface area contributed by atoms with Crippen molar-refractivity contribution in [2.75, 3.05) is 32.7 Å². The van der Waals surface area contributed by atoms with Gasteiger partial charge in [0.05, 0.1) is 13.0 Å². The molecule has 4 nitrogen and oxygen atoms in total. The van der Waals surface area contributed by atoms with Crippen LogP contribution in [-0.2, 0) is 4.79 Å². The first-order valence-electron chi connectivity index (χ1n) is 5.80. The van der Waals surface area contributed by atoms with E-state index in [0.717, 1.165) is 9.80 Å². The number of nitrogens with zero attached hydrogens (tertiary/aromatic N) is 2. The van der Waals surface area contributed by atoms with Crippen molar-refractivity contribution in [3.63, 3.8) is 0 Å². The average Bonchev–Trinajstić information content (AvgIpc) is 2.23. The molecule has 0 radical (unpaired) electrons. The molecule has 1 heterocycles. The molecule has 10 heteroatoms. The summed E-state index contributed by atoms with van der Waals surface area (Å²) < 4.78 is 74.6. The Morgan fingerprint density at radius 1 is 1.05 bits per heavy atom. The summed E-state index contributed by atoms with van der Waals surface area (Å²) in [6, 6.07) is -2.16. The smallest absolute Gasteiger partial charge is 0.404 e. The van der Waals surface area contributed by atoms with Crippen LogP contribution in [0.15, 0.2) is 0 Å². The van der Waals surface area contributed by atoms with E-state index in [1.54, 1.807) is 0 Å². The second-order valence-electron chi connectivity index (χ2n) is 4.58. The van der Waals surface area contributed by atoms with Crippen LogP contribution in [0, 0.1) is 0 Å². The SMILES string of the molecule is O=C(O)CC(N1CCN(CC(F)(F)F)CC1)C(F)(F)F. The van der Waals surface area contributed by atoms with Crippen LogP contribution in [0.25, 0.3) is 0 Å². The van der Waals surface area contributed by atoms with E-state index < -0.39 is 37.3 Å². The Morgan fingerprint density at radius 3 is 1.90 bits per heavy atom. The highest BCUT2D eigenvalue weighted by Crippen LogP contribution is 2.28. The zero-order valence-electron chi connectivity index (χ0n) is 10.3. The Balaban J connectivity index is 2.59. The van der Waals surface area contributed by atoms with Gasteiger partial charge in [0.25, 0.3) is 0 Å². The molecule has 1 N–H and O–H groups in total. The molecule has 0 aromatic carbocycles. The van der Waals surface area contributed by atoms with Crippen LogP contribution >= 0.6 is 0 Å². The monoisotopic (exact) mass is 308 g/mol. The lowest BCUT2D eigenvalue weighted by molar-refractivity contribution is -0.197. The van der Waals surface area contributed by atoms with Crippen molar-refractivity contribution in [1.82, 2.24) is 9.80 Å². The van der Waals surface area contributed by atoms with Gasteiger partial charge in [0.15, 0.2) is 0 Å². The highest BCUT2D eigenvalue weighted by atomic mass is 19.4.